The molecule has 1 nitrogen and oxygen atoms in total. The van der Waals surface area contributed by atoms with E-state index in [1.54, 1.807) is 0 Å². The van der Waals surface area contributed by atoms with E-state index in [1.807, 2.05) is 0 Å². The highest BCUT2D eigenvalue weighted by Crippen LogP contribution is 2.65. The van der Waals surface area contributed by atoms with Gasteiger partial charge in [0.25, 0.3) is 0 Å². The van der Waals surface area contributed by atoms with E-state index in [9.17, 15) is 5.11 Å². The fourth-order valence-corrected chi connectivity index (χ4v) is 5.74. The molecule has 18 heavy (non-hydrogen) atoms. The minimum absolute atomic E-state index is 0.418. The fraction of sp³-hybridized carbons (Fsp3) is 0.941. The van der Waals surface area contributed by atoms with Crippen molar-refractivity contribution in [3.8, 4) is 0 Å². The van der Waals surface area contributed by atoms with Gasteiger partial charge in [-0.25, -0.2) is 0 Å². The van der Waals surface area contributed by atoms with Gasteiger partial charge in [-0.3, -0.25) is 0 Å². The Morgan fingerprint density at radius 1 is 1.11 bits per heavy atom. The molecule has 3 aliphatic carbocycles. The molecular weight excluding hydrogens is 220 g/mol. The summed E-state index contributed by atoms with van der Waals surface area (Å²) < 4.78 is 0. The van der Waals surface area contributed by atoms with Crippen molar-refractivity contribution in [3.63, 3.8) is 0 Å². The zero-order chi connectivity index (χ0) is 12.6. The standard InChI is InChI=1S/C17H29O/c1-13-15(12-18)17(10-6-3-7-11-17)16(13)14-8-4-2-5-9-14/h10,13-16,18H,2-9,11-12H2,1H3/q-1/t13-,15?,16?,17?/m1/s1. The summed E-state index contributed by atoms with van der Waals surface area (Å²) in [6.07, 6.45) is 15.4. The van der Waals surface area contributed by atoms with E-state index in [0.717, 1.165) is 17.8 Å². The van der Waals surface area contributed by atoms with E-state index in [1.165, 1.54) is 57.8 Å². The minimum atomic E-state index is 0.418. The summed E-state index contributed by atoms with van der Waals surface area (Å²) in [6.45, 7) is 2.83. The zero-order valence-corrected chi connectivity index (χ0v) is 11.9. The molecule has 3 unspecified atom stereocenters. The maximum Gasteiger partial charge on any atom is 0.0442 e. The Hall–Kier alpha value is -0.0400. The van der Waals surface area contributed by atoms with Gasteiger partial charge in [-0.2, -0.15) is 6.42 Å². The van der Waals surface area contributed by atoms with Crippen LogP contribution in [0.2, 0.25) is 0 Å². The van der Waals surface area contributed by atoms with E-state index in [-0.39, 0.29) is 0 Å². The van der Waals surface area contributed by atoms with E-state index < -0.39 is 0 Å². The van der Waals surface area contributed by atoms with Crippen molar-refractivity contribution in [1.82, 2.24) is 0 Å². The molecule has 0 amide bonds. The highest BCUT2D eigenvalue weighted by Gasteiger charge is 2.55. The first-order chi connectivity index (χ1) is 8.79. The summed E-state index contributed by atoms with van der Waals surface area (Å²) >= 11 is 0. The quantitative estimate of drug-likeness (QED) is 0.727. The largest absolute Gasteiger partial charge is 0.396 e. The Morgan fingerprint density at radius 2 is 1.89 bits per heavy atom. The monoisotopic (exact) mass is 249 g/mol. The summed E-state index contributed by atoms with van der Waals surface area (Å²) in [4.78, 5) is 0. The third kappa shape index (κ3) is 1.85. The van der Waals surface area contributed by atoms with Crippen LogP contribution in [0.5, 0.6) is 0 Å². The first-order valence-corrected chi connectivity index (χ1v) is 8.25. The number of hydrogen-bond acceptors (Lipinski definition) is 1. The number of aliphatic hydroxyl groups excluding tert-OH is 1. The second-order valence-corrected chi connectivity index (χ2v) is 7.13. The Morgan fingerprint density at radius 3 is 2.50 bits per heavy atom. The van der Waals surface area contributed by atoms with Crippen LogP contribution in [0, 0.1) is 35.5 Å². The lowest BCUT2D eigenvalue weighted by atomic mass is 9.40. The summed E-state index contributed by atoms with van der Waals surface area (Å²) in [6, 6.07) is 0. The number of hydrogen-bond donors (Lipinski definition) is 1. The van der Waals surface area contributed by atoms with Gasteiger partial charge >= 0.3 is 0 Å². The molecule has 4 atom stereocenters. The Labute approximate surface area is 112 Å². The molecule has 3 rings (SSSR count). The van der Waals surface area contributed by atoms with E-state index in [4.69, 9.17) is 0 Å². The van der Waals surface area contributed by atoms with Gasteiger partial charge in [0, 0.05) is 6.61 Å². The average molecular weight is 249 g/mol. The Kier molecular flexibility index (Phi) is 3.71. The van der Waals surface area contributed by atoms with Crippen LogP contribution in [0.25, 0.3) is 0 Å². The van der Waals surface area contributed by atoms with Crippen molar-refractivity contribution in [3.05, 3.63) is 6.42 Å². The van der Waals surface area contributed by atoms with E-state index >= 15 is 0 Å². The van der Waals surface area contributed by atoms with Gasteiger partial charge in [0.15, 0.2) is 0 Å². The normalized spacial score (nSPS) is 46.0. The molecular formula is C17H29O-. The van der Waals surface area contributed by atoms with Crippen LogP contribution in [0.3, 0.4) is 0 Å². The molecule has 0 aromatic carbocycles. The molecule has 0 aliphatic heterocycles. The average Bonchev–Trinajstić information content (AvgIpc) is 2.41. The second kappa shape index (κ2) is 5.15. The first kappa shape index (κ1) is 13.0. The Bertz CT molecular complexity index is 273. The lowest BCUT2D eigenvalue weighted by Gasteiger charge is -2.71. The van der Waals surface area contributed by atoms with Gasteiger partial charge in [-0.1, -0.05) is 64.2 Å². The highest BCUT2D eigenvalue weighted by molar-refractivity contribution is 5.15. The van der Waals surface area contributed by atoms with Crippen molar-refractivity contribution in [2.75, 3.05) is 6.61 Å². The molecule has 0 saturated heterocycles. The number of rotatable bonds is 2. The van der Waals surface area contributed by atoms with Crippen LogP contribution in [0.1, 0.15) is 64.7 Å². The van der Waals surface area contributed by atoms with E-state index in [0.29, 0.717) is 17.9 Å². The van der Waals surface area contributed by atoms with Crippen molar-refractivity contribution in [2.24, 2.45) is 29.1 Å². The summed E-state index contributed by atoms with van der Waals surface area (Å²) in [5, 5.41) is 9.77. The Balaban J connectivity index is 1.78. The second-order valence-electron chi connectivity index (χ2n) is 7.13. The minimum Gasteiger partial charge on any atom is -0.396 e. The van der Waals surface area contributed by atoms with Gasteiger partial charge in [-0.15, -0.1) is 5.41 Å². The lowest BCUT2D eigenvalue weighted by Crippen LogP contribution is -2.61. The van der Waals surface area contributed by atoms with Gasteiger partial charge in [-0.05, 0) is 17.8 Å². The molecule has 1 N–H and O–H groups in total. The predicted octanol–water partition coefficient (Wildman–Crippen LogP) is 4.21. The summed E-state index contributed by atoms with van der Waals surface area (Å²) in [5.74, 6) is 3.19. The van der Waals surface area contributed by atoms with Crippen LogP contribution < -0.4 is 0 Å². The van der Waals surface area contributed by atoms with Crippen LogP contribution in [0.15, 0.2) is 0 Å². The molecule has 3 saturated carbocycles. The molecule has 0 aromatic heterocycles. The van der Waals surface area contributed by atoms with Gasteiger partial charge in [0.2, 0.25) is 0 Å². The molecule has 104 valence electrons. The van der Waals surface area contributed by atoms with Gasteiger partial charge < -0.3 is 11.5 Å². The molecule has 0 heterocycles. The maximum atomic E-state index is 9.77. The van der Waals surface area contributed by atoms with Crippen LogP contribution in [-0.4, -0.2) is 11.7 Å². The predicted molar refractivity (Wildman–Crippen MR) is 75.0 cm³/mol. The molecule has 0 aromatic rings. The van der Waals surface area contributed by atoms with Crippen LogP contribution >= 0.6 is 0 Å². The SMILES string of the molecule is C[C@@H]1C(CO)C2([CH-]CCCC2)C1C1CCCCC1. The molecule has 3 fully saturated rings. The third-order valence-electron chi connectivity index (χ3n) is 6.45. The van der Waals surface area contributed by atoms with Gasteiger partial charge in [0.05, 0.1) is 0 Å². The smallest absolute Gasteiger partial charge is 0.0442 e. The summed E-state index contributed by atoms with van der Waals surface area (Å²) in [7, 11) is 0. The zero-order valence-electron chi connectivity index (χ0n) is 11.9. The van der Waals surface area contributed by atoms with Crippen LogP contribution in [-0.2, 0) is 0 Å². The molecule has 3 aliphatic rings. The molecule has 0 bridgehead atoms. The maximum absolute atomic E-state index is 9.77. The van der Waals surface area contributed by atoms with Crippen molar-refractivity contribution >= 4 is 0 Å². The molecule has 1 spiro atoms. The topological polar surface area (TPSA) is 20.2 Å². The lowest BCUT2D eigenvalue weighted by molar-refractivity contribution is -0.158. The van der Waals surface area contributed by atoms with Crippen molar-refractivity contribution in [1.29, 1.82) is 0 Å². The third-order valence-corrected chi connectivity index (χ3v) is 6.45. The van der Waals surface area contributed by atoms with Gasteiger partial charge in [0.1, 0.15) is 0 Å². The fourth-order valence-electron chi connectivity index (χ4n) is 5.74. The van der Waals surface area contributed by atoms with Crippen LogP contribution in [0.4, 0.5) is 0 Å². The first-order valence-electron chi connectivity index (χ1n) is 8.25. The summed E-state index contributed by atoms with van der Waals surface area (Å²) in [5.41, 5.74) is 0.439. The van der Waals surface area contributed by atoms with E-state index in [2.05, 4.69) is 13.3 Å². The van der Waals surface area contributed by atoms with Crippen molar-refractivity contribution in [2.45, 2.75) is 64.7 Å². The number of aliphatic hydroxyl groups is 1. The highest BCUT2D eigenvalue weighted by atomic mass is 16.3. The molecule has 1 heteroatoms. The molecule has 0 radical (unpaired) electrons. The van der Waals surface area contributed by atoms with Crippen molar-refractivity contribution < 1.29 is 5.11 Å².